The number of rotatable bonds is 6. The number of benzene rings is 2. The van der Waals surface area contributed by atoms with Gasteiger partial charge >= 0.3 is 0 Å². The van der Waals surface area contributed by atoms with Crippen LogP contribution in [0.1, 0.15) is 42.6 Å². The number of amides is 1. The number of nitro benzene ring substituents is 1. The molecule has 0 aromatic heterocycles. The summed E-state index contributed by atoms with van der Waals surface area (Å²) in [6.45, 7) is 6.02. The number of hydrogen-bond acceptors (Lipinski definition) is 4. The fourth-order valence-corrected chi connectivity index (χ4v) is 3.46. The lowest BCUT2D eigenvalue weighted by Crippen LogP contribution is -2.36. The van der Waals surface area contributed by atoms with Crippen LogP contribution in [0.4, 0.5) is 11.4 Å². The zero-order valence-corrected chi connectivity index (χ0v) is 15.8. The van der Waals surface area contributed by atoms with Gasteiger partial charge in [0.25, 0.3) is 11.6 Å². The second-order valence-corrected chi connectivity index (χ2v) is 7.17. The van der Waals surface area contributed by atoms with Gasteiger partial charge in [0.05, 0.1) is 4.92 Å². The van der Waals surface area contributed by atoms with Crippen molar-refractivity contribution in [2.75, 3.05) is 18.0 Å². The van der Waals surface area contributed by atoms with Gasteiger partial charge < -0.3 is 9.80 Å². The van der Waals surface area contributed by atoms with Crippen molar-refractivity contribution in [3.05, 3.63) is 69.8 Å². The molecule has 0 spiro atoms. The van der Waals surface area contributed by atoms with Gasteiger partial charge in [-0.2, -0.15) is 0 Å². The monoisotopic (exact) mass is 367 g/mol. The molecule has 2 aromatic rings. The molecule has 6 heteroatoms. The van der Waals surface area contributed by atoms with Crippen LogP contribution >= 0.6 is 0 Å². The van der Waals surface area contributed by atoms with Gasteiger partial charge in [-0.1, -0.05) is 30.3 Å². The first-order valence-electron chi connectivity index (χ1n) is 9.35. The van der Waals surface area contributed by atoms with Gasteiger partial charge in [-0.3, -0.25) is 14.9 Å². The minimum absolute atomic E-state index is 0.00571. The van der Waals surface area contributed by atoms with Gasteiger partial charge in [0, 0.05) is 37.3 Å². The lowest BCUT2D eigenvalue weighted by atomic mass is 10.1. The minimum atomic E-state index is -0.388. The van der Waals surface area contributed by atoms with Crippen molar-refractivity contribution in [3.63, 3.8) is 0 Å². The summed E-state index contributed by atoms with van der Waals surface area (Å²) in [6, 6.07) is 14.6. The van der Waals surface area contributed by atoms with Gasteiger partial charge in [0.15, 0.2) is 0 Å². The summed E-state index contributed by atoms with van der Waals surface area (Å²) in [7, 11) is 0. The third-order valence-corrected chi connectivity index (χ3v) is 4.95. The molecular formula is C21H25N3O3. The SMILES string of the molecule is CC(C)N(Cc1ccccc1)C(=O)c1ccc(N2CCCC2)c([N+](=O)[O-])c1. The smallest absolute Gasteiger partial charge is 0.293 e. The van der Waals surface area contributed by atoms with E-state index < -0.39 is 0 Å². The summed E-state index contributed by atoms with van der Waals surface area (Å²) in [5.41, 5.74) is 2.00. The molecular weight excluding hydrogens is 342 g/mol. The number of anilines is 1. The Balaban J connectivity index is 1.89. The summed E-state index contributed by atoms with van der Waals surface area (Å²) >= 11 is 0. The van der Waals surface area contributed by atoms with Crippen molar-refractivity contribution >= 4 is 17.3 Å². The van der Waals surface area contributed by atoms with Gasteiger partial charge in [-0.25, -0.2) is 0 Å². The third kappa shape index (κ3) is 4.27. The van der Waals surface area contributed by atoms with Crippen LogP contribution in [0, 0.1) is 10.1 Å². The maximum absolute atomic E-state index is 13.1. The molecule has 1 heterocycles. The average Bonchev–Trinajstić information content (AvgIpc) is 3.20. The second-order valence-electron chi connectivity index (χ2n) is 7.17. The molecule has 0 saturated carbocycles. The highest BCUT2D eigenvalue weighted by Gasteiger charge is 2.26. The zero-order valence-electron chi connectivity index (χ0n) is 15.8. The summed E-state index contributed by atoms with van der Waals surface area (Å²) in [4.78, 5) is 28.1. The van der Waals surface area contributed by atoms with Crippen molar-refractivity contribution in [2.24, 2.45) is 0 Å². The van der Waals surface area contributed by atoms with E-state index in [2.05, 4.69) is 0 Å². The molecule has 0 N–H and O–H groups in total. The molecule has 0 aliphatic carbocycles. The highest BCUT2D eigenvalue weighted by atomic mass is 16.6. The highest BCUT2D eigenvalue weighted by molar-refractivity contribution is 5.96. The Morgan fingerprint density at radius 2 is 1.81 bits per heavy atom. The second kappa shape index (κ2) is 8.20. The van der Waals surface area contributed by atoms with Crippen molar-refractivity contribution in [3.8, 4) is 0 Å². The van der Waals surface area contributed by atoms with E-state index in [-0.39, 0.29) is 22.6 Å². The minimum Gasteiger partial charge on any atom is -0.366 e. The van der Waals surface area contributed by atoms with Crippen LogP contribution in [0.3, 0.4) is 0 Å². The van der Waals surface area contributed by atoms with E-state index in [1.54, 1.807) is 17.0 Å². The maximum atomic E-state index is 13.1. The predicted molar refractivity (Wildman–Crippen MR) is 106 cm³/mol. The summed E-state index contributed by atoms with van der Waals surface area (Å²) < 4.78 is 0. The first kappa shape index (κ1) is 18.9. The molecule has 142 valence electrons. The Kier molecular flexibility index (Phi) is 5.74. The van der Waals surface area contributed by atoms with Crippen LogP contribution in [0.2, 0.25) is 0 Å². The van der Waals surface area contributed by atoms with E-state index >= 15 is 0 Å². The van der Waals surface area contributed by atoms with Gasteiger partial charge in [-0.15, -0.1) is 0 Å². The van der Waals surface area contributed by atoms with Crippen molar-refractivity contribution in [1.82, 2.24) is 4.90 Å². The van der Waals surface area contributed by atoms with Crippen molar-refractivity contribution < 1.29 is 9.72 Å². The molecule has 27 heavy (non-hydrogen) atoms. The van der Waals surface area contributed by atoms with Gasteiger partial charge in [0.2, 0.25) is 0 Å². The van der Waals surface area contributed by atoms with E-state index in [1.165, 1.54) is 6.07 Å². The van der Waals surface area contributed by atoms with E-state index in [0.29, 0.717) is 17.8 Å². The van der Waals surface area contributed by atoms with Crippen LogP contribution in [-0.4, -0.2) is 34.9 Å². The fraction of sp³-hybridized carbons (Fsp3) is 0.381. The lowest BCUT2D eigenvalue weighted by Gasteiger charge is -2.27. The molecule has 3 rings (SSSR count). The largest absolute Gasteiger partial charge is 0.366 e. The van der Waals surface area contributed by atoms with E-state index in [4.69, 9.17) is 0 Å². The number of nitro groups is 1. The van der Waals surface area contributed by atoms with Gasteiger partial charge in [-0.05, 0) is 44.4 Å². The standard InChI is InChI=1S/C21H25N3O3/c1-16(2)23(15-17-8-4-3-5-9-17)21(25)18-10-11-19(20(14-18)24(26)27)22-12-6-7-13-22/h3-5,8-11,14,16H,6-7,12-13,15H2,1-2H3. The molecule has 1 aliphatic rings. The van der Waals surface area contributed by atoms with Crippen molar-refractivity contribution in [2.45, 2.75) is 39.3 Å². The Hall–Kier alpha value is -2.89. The van der Waals surface area contributed by atoms with Gasteiger partial charge in [0.1, 0.15) is 5.69 Å². The first-order valence-corrected chi connectivity index (χ1v) is 9.35. The molecule has 6 nitrogen and oxygen atoms in total. The van der Waals surface area contributed by atoms with E-state index in [9.17, 15) is 14.9 Å². The van der Waals surface area contributed by atoms with Crippen LogP contribution in [0.5, 0.6) is 0 Å². The topological polar surface area (TPSA) is 66.7 Å². The molecule has 0 bridgehead atoms. The van der Waals surface area contributed by atoms with Crippen LogP contribution in [0.25, 0.3) is 0 Å². The summed E-state index contributed by atoms with van der Waals surface area (Å²) in [6.07, 6.45) is 2.08. The van der Waals surface area contributed by atoms with E-state index in [0.717, 1.165) is 31.5 Å². The Bertz CT molecular complexity index is 815. The molecule has 1 saturated heterocycles. The van der Waals surface area contributed by atoms with Crippen LogP contribution in [0.15, 0.2) is 48.5 Å². The quantitative estimate of drug-likeness (QED) is 0.566. The molecule has 2 aromatic carbocycles. The number of hydrogen-bond donors (Lipinski definition) is 0. The fourth-order valence-electron chi connectivity index (χ4n) is 3.46. The van der Waals surface area contributed by atoms with E-state index in [1.807, 2.05) is 49.1 Å². The molecule has 1 amide bonds. The molecule has 0 radical (unpaired) electrons. The summed E-state index contributed by atoms with van der Waals surface area (Å²) in [5, 5.41) is 11.6. The normalized spacial score (nSPS) is 13.8. The Morgan fingerprint density at radius 3 is 2.41 bits per heavy atom. The molecule has 1 aliphatic heterocycles. The molecule has 1 fully saturated rings. The zero-order chi connectivity index (χ0) is 19.4. The number of nitrogens with zero attached hydrogens (tertiary/aromatic N) is 3. The summed E-state index contributed by atoms with van der Waals surface area (Å²) in [5.74, 6) is -0.190. The lowest BCUT2D eigenvalue weighted by molar-refractivity contribution is -0.384. The maximum Gasteiger partial charge on any atom is 0.293 e. The molecule has 0 atom stereocenters. The Morgan fingerprint density at radius 1 is 1.15 bits per heavy atom. The van der Waals surface area contributed by atoms with Crippen molar-refractivity contribution in [1.29, 1.82) is 0 Å². The predicted octanol–water partition coefficient (Wildman–Crippen LogP) is 4.25. The number of carbonyl (C=O) groups is 1. The number of carbonyl (C=O) groups excluding carboxylic acids is 1. The first-order chi connectivity index (χ1) is 13.0. The molecule has 0 unspecified atom stereocenters. The van der Waals surface area contributed by atoms with Crippen LogP contribution < -0.4 is 4.90 Å². The Labute approximate surface area is 159 Å². The highest BCUT2D eigenvalue weighted by Crippen LogP contribution is 2.32. The van der Waals surface area contributed by atoms with Crippen LogP contribution in [-0.2, 0) is 6.54 Å². The average molecular weight is 367 g/mol. The third-order valence-electron chi connectivity index (χ3n) is 4.95.